The highest BCUT2D eigenvalue weighted by atomic mass is 15.0. The summed E-state index contributed by atoms with van der Waals surface area (Å²) in [5, 5.41) is 3.41. The van der Waals surface area contributed by atoms with Crippen LogP contribution in [0.4, 0.5) is 0 Å². The summed E-state index contributed by atoms with van der Waals surface area (Å²) in [6.07, 6.45) is 0. The Bertz CT molecular complexity index is 147. The number of hydrogen-bond acceptors (Lipinski definition) is 3. The summed E-state index contributed by atoms with van der Waals surface area (Å²) in [6.45, 7) is 12.1. The highest BCUT2D eigenvalue weighted by Gasteiger charge is 2.34. The van der Waals surface area contributed by atoms with Crippen molar-refractivity contribution < 1.29 is 0 Å². The molecule has 0 rings (SSSR count). The molecule has 0 spiro atoms. The first-order valence-corrected chi connectivity index (χ1v) is 4.96. The summed E-state index contributed by atoms with van der Waals surface area (Å²) < 4.78 is 0. The number of nitrogens with one attached hydrogen (secondary N) is 1. The van der Waals surface area contributed by atoms with Crippen LogP contribution in [0.5, 0.6) is 0 Å². The van der Waals surface area contributed by atoms with Crippen LogP contribution in [0.25, 0.3) is 0 Å². The molecule has 13 heavy (non-hydrogen) atoms. The molecule has 3 heteroatoms. The normalized spacial score (nSPS) is 15.9. The zero-order valence-electron chi connectivity index (χ0n) is 9.65. The van der Waals surface area contributed by atoms with Crippen LogP contribution in [-0.2, 0) is 0 Å². The van der Waals surface area contributed by atoms with Gasteiger partial charge in [-0.25, -0.2) is 0 Å². The molecule has 1 atom stereocenters. The minimum absolute atomic E-state index is 0.0393. The van der Waals surface area contributed by atoms with Gasteiger partial charge in [-0.15, -0.1) is 0 Å². The lowest BCUT2D eigenvalue weighted by atomic mass is 9.76. The summed E-state index contributed by atoms with van der Waals surface area (Å²) in [4.78, 5) is 0. The lowest BCUT2D eigenvalue weighted by Gasteiger charge is -2.41. The molecule has 0 amide bonds. The van der Waals surface area contributed by atoms with E-state index in [2.05, 4.69) is 39.9 Å². The topological polar surface area (TPSA) is 64.1 Å². The molecule has 0 fully saturated rings. The summed E-state index contributed by atoms with van der Waals surface area (Å²) >= 11 is 0. The maximum Gasteiger partial charge on any atom is 0.0168 e. The molecule has 0 heterocycles. The van der Waals surface area contributed by atoms with E-state index < -0.39 is 0 Å². The largest absolute Gasteiger partial charge is 0.329 e. The van der Waals surface area contributed by atoms with Gasteiger partial charge < -0.3 is 16.8 Å². The van der Waals surface area contributed by atoms with Gasteiger partial charge in [0.15, 0.2) is 0 Å². The molecule has 5 N–H and O–H groups in total. The van der Waals surface area contributed by atoms with Gasteiger partial charge in [-0.2, -0.15) is 0 Å². The predicted molar refractivity (Wildman–Crippen MR) is 58.6 cm³/mol. The van der Waals surface area contributed by atoms with E-state index in [1.54, 1.807) is 0 Å². The van der Waals surface area contributed by atoms with Gasteiger partial charge in [0.25, 0.3) is 0 Å². The van der Waals surface area contributed by atoms with Gasteiger partial charge in [-0.3, -0.25) is 0 Å². The van der Waals surface area contributed by atoms with Gasteiger partial charge in [0.1, 0.15) is 0 Å². The highest BCUT2D eigenvalue weighted by Crippen LogP contribution is 2.25. The Morgan fingerprint density at radius 2 is 1.69 bits per heavy atom. The number of hydrogen-bond donors (Lipinski definition) is 3. The monoisotopic (exact) mass is 187 g/mol. The smallest absolute Gasteiger partial charge is 0.0168 e. The van der Waals surface area contributed by atoms with Crippen molar-refractivity contribution in [2.75, 3.05) is 13.1 Å². The van der Waals surface area contributed by atoms with Crippen molar-refractivity contribution in [3.05, 3.63) is 0 Å². The average molecular weight is 187 g/mol. The molecule has 80 valence electrons. The fourth-order valence-corrected chi connectivity index (χ4v) is 1.48. The Kier molecular flexibility index (Phi) is 4.36. The predicted octanol–water partition coefficient (Wildman–Crippen LogP) is 0.687. The quantitative estimate of drug-likeness (QED) is 0.593. The molecule has 0 saturated carbocycles. The van der Waals surface area contributed by atoms with E-state index in [9.17, 15) is 0 Å². The lowest BCUT2D eigenvalue weighted by Crippen LogP contribution is -2.56. The van der Waals surface area contributed by atoms with E-state index >= 15 is 0 Å². The van der Waals surface area contributed by atoms with Crippen molar-refractivity contribution in [1.82, 2.24) is 5.32 Å². The Labute approximate surface area is 82.3 Å². The van der Waals surface area contributed by atoms with Crippen LogP contribution in [-0.4, -0.2) is 24.2 Å². The van der Waals surface area contributed by atoms with Crippen LogP contribution in [0.1, 0.15) is 34.6 Å². The zero-order chi connectivity index (χ0) is 10.7. The van der Waals surface area contributed by atoms with E-state index in [0.29, 0.717) is 12.5 Å². The summed E-state index contributed by atoms with van der Waals surface area (Å²) in [5.41, 5.74) is 11.4. The van der Waals surface area contributed by atoms with E-state index in [1.165, 1.54) is 0 Å². The zero-order valence-corrected chi connectivity index (χ0v) is 9.65. The van der Waals surface area contributed by atoms with Crippen LogP contribution in [0.2, 0.25) is 0 Å². The van der Waals surface area contributed by atoms with Crippen molar-refractivity contribution in [3.8, 4) is 0 Å². The number of nitrogens with two attached hydrogens (primary N) is 2. The third-order valence-electron chi connectivity index (χ3n) is 2.92. The van der Waals surface area contributed by atoms with Crippen LogP contribution < -0.4 is 16.8 Å². The molecule has 0 aliphatic carbocycles. The van der Waals surface area contributed by atoms with Crippen LogP contribution >= 0.6 is 0 Å². The number of rotatable bonds is 5. The molecule has 0 aromatic heterocycles. The van der Waals surface area contributed by atoms with E-state index in [-0.39, 0.29) is 11.1 Å². The molecule has 0 aliphatic heterocycles. The highest BCUT2D eigenvalue weighted by molar-refractivity contribution is 4.94. The van der Waals surface area contributed by atoms with E-state index in [4.69, 9.17) is 11.5 Å². The SMILES string of the molecule is CC(C(C)(C)N)C(C)(C)NCCN. The van der Waals surface area contributed by atoms with E-state index in [1.807, 2.05) is 0 Å². The minimum Gasteiger partial charge on any atom is -0.329 e. The summed E-state index contributed by atoms with van der Waals surface area (Å²) in [6, 6.07) is 0. The molecular formula is C10H25N3. The van der Waals surface area contributed by atoms with Gasteiger partial charge in [0.05, 0.1) is 0 Å². The first-order valence-electron chi connectivity index (χ1n) is 4.96. The second-order valence-corrected chi connectivity index (χ2v) is 4.98. The van der Waals surface area contributed by atoms with Gasteiger partial charge in [0, 0.05) is 24.2 Å². The molecule has 0 aromatic rings. The standard InChI is InChI=1S/C10H25N3/c1-8(9(2,3)12)10(4,5)13-7-6-11/h8,13H,6-7,11-12H2,1-5H3. The van der Waals surface area contributed by atoms with Crippen molar-refractivity contribution in [1.29, 1.82) is 0 Å². The maximum absolute atomic E-state index is 6.07. The van der Waals surface area contributed by atoms with Gasteiger partial charge in [-0.05, 0) is 33.6 Å². The van der Waals surface area contributed by atoms with Crippen LogP contribution in [0.3, 0.4) is 0 Å². The maximum atomic E-state index is 6.07. The summed E-state index contributed by atoms with van der Waals surface area (Å²) in [7, 11) is 0. The van der Waals surface area contributed by atoms with Crippen molar-refractivity contribution >= 4 is 0 Å². The Hall–Kier alpha value is -0.120. The molecule has 0 saturated heterocycles. The molecule has 0 aliphatic rings. The van der Waals surface area contributed by atoms with Crippen LogP contribution in [0, 0.1) is 5.92 Å². The molecule has 1 unspecified atom stereocenters. The first-order chi connectivity index (χ1) is 5.72. The second-order valence-electron chi connectivity index (χ2n) is 4.98. The van der Waals surface area contributed by atoms with Crippen molar-refractivity contribution in [3.63, 3.8) is 0 Å². The molecular weight excluding hydrogens is 162 g/mol. The third-order valence-corrected chi connectivity index (χ3v) is 2.92. The fourth-order valence-electron chi connectivity index (χ4n) is 1.48. The third kappa shape index (κ3) is 4.07. The van der Waals surface area contributed by atoms with Gasteiger partial charge >= 0.3 is 0 Å². The average Bonchev–Trinajstić information content (AvgIpc) is 1.98. The molecule has 0 radical (unpaired) electrons. The molecule has 0 aromatic carbocycles. The minimum atomic E-state index is -0.162. The Morgan fingerprint density at radius 1 is 1.23 bits per heavy atom. The second kappa shape index (κ2) is 4.40. The Morgan fingerprint density at radius 3 is 2.00 bits per heavy atom. The van der Waals surface area contributed by atoms with Crippen LogP contribution in [0.15, 0.2) is 0 Å². The molecule has 3 nitrogen and oxygen atoms in total. The fraction of sp³-hybridized carbons (Fsp3) is 1.00. The van der Waals surface area contributed by atoms with Gasteiger partial charge in [0.2, 0.25) is 0 Å². The van der Waals surface area contributed by atoms with Crippen molar-refractivity contribution in [2.45, 2.75) is 45.7 Å². The van der Waals surface area contributed by atoms with Crippen molar-refractivity contribution in [2.24, 2.45) is 17.4 Å². The lowest BCUT2D eigenvalue weighted by molar-refractivity contribution is 0.188. The first kappa shape index (κ1) is 12.9. The summed E-state index contributed by atoms with van der Waals surface area (Å²) in [5.74, 6) is 0.395. The molecule has 0 bridgehead atoms. The van der Waals surface area contributed by atoms with Gasteiger partial charge in [-0.1, -0.05) is 6.92 Å². The Balaban J connectivity index is 4.27. The van der Waals surface area contributed by atoms with E-state index in [0.717, 1.165) is 6.54 Å².